The maximum absolute atomic E-state index is 12.7. The first-order valence-corrected chi connectivity index (χ1v) is 8.98. The molecule has 6 heteroatoms. The van der Waals surface area contributed by atoms with Crippen LogP contribution >= 0.6 is 22.9 Å². The zero-order valence-electron chi connectivity index (χ0n) is 10.9. The van der Waals surface area contributed by atoms with E-state index in [-0.39, 0.29) is 6.04 Å². The van der Waals surface area contributed by atoms with Crippen LogP contribution in [0.1, 0.15) is 24.1 Å². The van der Waals surface area contributed by atoms with Crippen molar-refractivity contribution in [3.8, 4) is 0 Å². The Morgan fingerprint density at radius 1 is 1.25 bits per heavy atom. The second-order valence-corrected chi connectivity index (χ2v) is 8.63. The Morgan fingerprint density at radius 2 is 2.00 bits per heavy atom. The first kappa shape index (κ1) is 14.1. The molecule has 1 aromatic heterocycles. The highest BCUT2D eigenvalue weighted by Gasteiger charge is 2.34. The maximum atomic E-state index is 12.7. The Kier molecular flexibility index (Phi) is 3.62. The molecule has 1 aromatic carbocycles. The number of hydrogen-bond donors (Lipinski definition) is 0. The largest absolute Gasteiger partial charge is 0.253 e. The summed E-state index contributed by atoms with van der Waals surface area (Å²) in [6.07, 6.45) is 0.749. The third kappa shape index (κ3) is 2.29. The van der Waals surface area contributed by atoms with Crippen molar-refractivity contribution >= 4 is 33.0 Å². The van der Waals surface area contributed by atoms with Gasteiger partial charge in [0.15, 0.2) is 0 Å². The summed E-state index contributed by atoms with van der Waals surface area (Å²) < 4.78 is 27.8. The molecule has 0 aliphatic carbocycles. The summed E-state index contributed by atoms with van der Waals surface area (Å²) in [5.74, 6) is 0. The number of hydrogen-bond acceptors (Lipinski definition) is 3. The minimum absolute atomic E-state index is 0.147. The van der Waals surface area contributed by atoms with E-state index in [2.05, 4.69) is 6.07 Å². The van der Waals surface area contributed by atoms with E-state index in [1.165, 1.54) is 5.56 Å². The van der Waals surface area contributed by atoms with Gasteiger partial charge in [0.25, 0.3) is 10.0 Å². The molecule has 1 aliphatic heterocycles. The van der Waals surface area contributed by atoms with Gasteiger partial charge in [-0.1, -0.05) is 35.9 Å². The number of sulfonamides is 1. The van der Waals surface area contributed by atoms with Crippen molar-refractivity contribution in [3.05, 3.63) is 51.9 Å². The van der Waals surface area contributed by atoms with Crippen molar-refractivity contribution < 1.29 is 8.42 Å². The zero-order valence-corrected chi connectivity index (χ0v) is 13.3. The van der Waals surface area contributed by atoms with Gasteiger partial charge in [0.05, 0.1) is 4.34 Å². The molecule has 0 bridgehead atoms. The zero-order chi connectivity index (χ0) is 14.3. The van der Waals surface area contributed by atoms with Crippen LogP contribution in [0, 0.1) is 0 Å². The second kappa shape index (κ2) is 5.15. The van der Waals surface area contributed by atoms with Crippen LogP contribution < -0.4 is 0 Å². The average Bonchev–Trinajstić information content (AvgIpc) is 2.86. The van der Waals surface area contributed by atoms with Gasteiger partial charge in [0.1, 0.15) is 4.21 Å². The van der Waals surface area contributed by atoms with E-state index in [0.29, 0.717) is 15.1 Å². The van der Waals surface area contributed by atoms with E-state index in [1.807, 2.05) is 25.1 Å². The summed E-state index contributed by atoms with van der Waals surface area (Å²) in [4.78, 5) is 0. The fraction of sp³-hybridized carbons (Fsp3) is 0.286. The molecule has 3 rings (SSSR count). The summed E-state index contributed by atoms with van der Waals surface area (Å²) in [6, 6.07) is 11.1. The monoisotopic (exact) mass is 327 g/mol. The SMILES string of the molecule is CC1c2ccccc2CCN1S(=O)(=O)c1ccc(Cl)s1. The molecule has 1 atom stereocenters. The number of rotatable bonds is 2. The summed E-state index contributed by atoms with van der Waals surface area (Å²) in [7, 11) is -3.47. The Labute approximate surface area is 127 Å². The van der Waals surface area contributed by atoms with Crippen LogP contribution in [-0.4, -0.2) is 19.3 Å². The number of halogens is 1. The minimum atomic E-state index is -3.47. The van der Waals surface area contributed by atoms with Crippen molar-refractivity contribution in [2.24, 2.45) is 0 Å². The lowest BCUT2D eigenvalue weighted by Crippen LogP contribution is -2.38. The summed E-state index contributed by atoms with van der Waals surface area (Å²) in [5, 5.41) is 0. The van der Waals surface area contributed by atoms with Crippen molar-refractivity contribution in [2.75, 3.05) is 6.54 Å². The molecular weight excluding hydrogens is 314 g/mol. The lowest BCUT2D eigenvalue weighted by molar-refractivity contribution is 0.327. The number of fused-ring (bicyclic) bond motifs is 1. The van der Waals surface area contributed by atoms with Gasteiger partial charge in [-0.25, -0.2) is 8.42 Å². The third-order valence-electron chi connectivity index (χ3n) is 3.65. The van der Waals surface area contributed by atoms with E-state index >= 15 is 0 Å². The standard InChI is InChI=1S/C14H14ClNO2S2/c1-10-12-5-3-2-4-11(12)8-9-16(10)20(17,18)14-7-6-13(15)19-14/h2-7,10H,8-9H2,1H3. The van der Waals surface area contributed by atoms with Gasteiger partial charge in [-0.15, -0.1) is 11.3 Å². The van der Waals surface area contributed by atoms with Gasteiger partial charge in [-0.05, 0) is 36.6 Å². The van der Waals surface area contributed by atoms with Gasteiger partial charge < -0.3 is 0 Å². The predicted octanol–water partition coefficient (Wildman–Crippen LogP) is 3.71. The Bertz CT molecular complexity index is 739. The smallest absolute Gasteiger partial charge is 0.206 e. The van der Waals surface area contributed by atoms with E-state index in [0.717, 1.165) is 23.3 Å². The summed E-state index contributed by atoms with van der Waals surface area (Å²) in [6.45, 7) is 2.45. The van der Waals surface area contributed by atoms with Gasteiger partial charge in [0.2, 0.25) is 0 Å². The molecule has 1 aliphatic rings. The summed E-state index contributed by atoms with van der Waals surface area (Å²) in [5.41, 5.74) is 2.32. The molecule has 2 heterocycles. The van der Waals surface area contributed by atoms with E-state index in [9.17, 15) is 8.42 Å². The quantitative estimate of drug-likeness (QED) is 0.843. The summed E-state index contributed by atoms with van der Waals surface area (Å²) >= 11 is 6.97. The second-order valence-electron chi connectivity index (χ2n) is 4.80. The van der Waals surface area contributed by atoms with Crippen LogP contribution in [0.2, 0.25) is 4.34 Å². The van der Waals surface area contributed by atoms with Gasteiger partial charge in [0, 0.05) is 12.6 Å². The van der Waals surface area contributed by atoms with E-state index in [4.69, 9.17) is 11.6 Å². The molecule has 106 valence electrons. The fourth-order valence-corrected chi connectivity index (χ4v) is 5.85. The van der Waals surface area contributed by atoms with Crippen LogP contribution in [0.4, 0.5) is 0 Å². The van der Waals surface area contributed by atoms with Crippen LogP contribution in [0.15, 0.2) is 40.6 Å². The molecule has 0 saturated heterocycles. The molecule has 2 aromatic rings. The first-order valence-electron chi connectivity index (χ1n) is 6.35. The first-order chi connectivity index (χ1) is 9.50. The van der Waals surface area contributed by atoms with Gasteiger partial charge in [-0.3, -0.25) is 0 Å². The normalized spacial score (nSPS) is 19.8. The number of thiophene rings is 1. The van der Waals surface area contributed by atoms with Gasteiger partial charge >= 0.3 is 0 Å². The fourth-order valence-electron chi connectivity index (χ4n) is 2.63. The Hall–Kier alpha value is -0.880. The van der Waals surface area contributed by atoms with Crippen LogP contribution in [0.5, 0.6) is 0 Å². The maximum Gasteiger partial charge on any atom is 0.253 e. The number of nitrogens with zero attached hydrogens (tertiary/aromatic N) is 1. The minimum Gasteiger partial charge on any atom is -0.206 e. The van der Waals surface area contributed by atoms with E-state index in [1.54, 1.807) is 16.4 Å². The topological polar surface area (TPSA) is 37.4 Å². The molecule has 0 radical (unpaired) electrons. The van der Waals surface area contributed by atoms with E-state index < -0.39 is 10.0 Å². The van der Waals surface area contributed by atoms with Gasteiger partial charge in [-0.2, -0.15) is 4.31 Å². The van der Waals surface area contributed by atoms with Crippen LogP contribution in [0.25, 0.3) is 0 Å². The van der Waals surface area contributed by atoms with Crippen LogP contribution in [0.3, 0.4) is 0 Å². The van der Waals surface area contributed by atoms with Crippen LogP contribution in [-0.2, 0) is 16.4 Å². The molecular formula is C14H14ClNO2S2. The lowest BCUT2D eigenvalue weighted by Gasteiger charge is -2.33. The lowest BCUT2D eigenvalue weighted by atomic mass is 9.96. The molecule has 0 N–H and O–H groups in total. The molecule has 20 heavy (non-hydrogen) atoms. The van der Waals surface area contributed by atoms with Crippen molar-refractivity contribution in [1.29, 1.82) is 0 Å². The van der Waals surface area contributed by atoms with Crippen molar-refractivity contribution in [1.82, 2.24) is 4.31 Å². The highest BCUT2D eigenvalue weighted by atomic mass is 35.5. The molecule has 0 spiro atoms. The third-order valence-corrected chi connectivity index (χ3v) is 7.32. The molecule has 1 unspecified atom stereocenters. The molecule has 0 saturated carbocycles. The van der Waals surface area contributed by atoms with Crippen molar-refractivity contribution in [3.63, 3.8) is 0 Å². The van der Waals surface area contributed by atoms with Crippen molar-refractivity contribution in [2.45, 2.75) is 23.6 Å². The number of benzene rings is 1. The molecule has 0 fully saturated rings. The highest BCUT2D eigenvalue weighted by molar-refractivity contribution is 7.91. The average molecular weight is 328 g/mol. The molecule has 0 amide bonds. The predicted molar refractivity (Wildman–Crippen MR) is 81.8 cm³/mol. The molecule has 3 nitrogen and oxygen atoms in total. The highest BCUT2D eigenvalue weighted by Crippen LogP contribution is 2.36. The Morgan fingerprint density at radius 3 is 2.70 bits per heavy atom. The Balaban J connectivity index is 2.00.